The monoisotopic (exact) mass is 271 g/mol. The van der Waals surface area contributed by atoms with E-state index in [2.05, 4.69) is 19.2 Å². The van der Waals surface area contributed by atoms with E-state index < -0.39 is 11.5 Å². The van der Waals surface area contributed by atoms with Gasteiger partial charge in [-0.05, 0) is 50.2 Å². The van der Waals surface area contributed by atoms with E-state index in [0.29, 0.717) is 17.2 Å². The van der Waals surface area contributed by atoms with Gasteiger partial charge in [-0.1, -0.05) is 13.8 Å². The van der Waals surface area contributed by atoms with Crippen LogP contribution in [0, 0.1) is 5.92 Å². The van der Waals surface area contributed by atoms with Crippen LogP contribution in [-0.4, -0.2) is 33.7 Å². The van der Waals surface area contributed by atoms with Crippen LogP contribution in [0.1, 0.15) is 52.4 Å². The zero-order chi connectivity index (χ0) is 13.2. The summed E-state index contributed by atoms with van der Waals surface area (Å²) >= 11 is 1.97. The molecule has 0 spiro atoms. The third kappa shape index (κ3) is 3.64. The Bertz CT molecular complexity index is 304. The van der Waals surface area contributed by atoms with E-state index in [1.54, 1.807) is 0 Å². The topological polar surface area (TPSA) is 49.3 Å². The van der Waals surface area contributed by atoms with Crippen molar-refractivity contribution in [3.8, 4) is 0 Å². The van der Waals surface area contributed by atoms with Gasteiger partial charge in [-0.25, -0.2) is 0 Å². The van der Waals surface area contributed by atoms with Crippen LogP contribution >= 0.6 is 11.8 Å². The SMILES string of the molecule is CC(C)CSC1CCCC(NC2CC2)(C(=O)O)C1. The third-order valence-electron chi connectivity index (χ3n) is 3.84. The first-order valence-corrected chi connectivity index (χ1v) is 8.19. The summed E-state index contributed by atoms with van der Waals surface area (Å²) < 4.78 is 0. The molecule has 2 rings (SSSR count). The second-order valence-electron chi connectivity index (χ2n) is 6.25. The Morgan fingerprint density at radius 3 is 2.72 bits per heavy atom. The van der Waals surface area contributed by atoms with Crippen molar-refractivity contribution in [1.82, 2.24) is 5.32 Å². The summed E-state index contributed by atoms with van der Waals surface area (Å²) in [5.41, 5.74) is -0.631. The van der Waals surface area contributed by atoms with Gasteiger partial charge < -0.3 is 5.11 Å². The molecule has 2 saturated carbocycles. The van der Waals surface area contributed by atoms with Crippen molar-refractivity contribution >= 4 is 17.7 Å². The van der Waals surface area contributed by atoms with Crippen LogP contribution in [0.4, 0.5) is 0 Å². The number of carbonyl (C=O) groups is 1. The van der Waals surface area contributed by atoms with Crippen LogP contribution in [0.2, 0.25) is 0 Å². The molecule has 0 aliphatic heterocycles. The van der Waals surface area contributed by atoms with Gasteiger partial charge in [0.2, 0.25) is 0 Å². The van der Waals surface area contributed by atoms with Crippen LogP contribution in [0.25, 0.3) is 0 Å². The molecule has 0 amide bonds. The van der Waals surface area contributed by atoms with E-state index in [-0.39, 0.29) is 0 Å². The first kappa shape index (κ1) is 14.2. The normalized spacial score (nSPS) is 32.7. The maximum Gasteiger partial charge on any atom is 0.323 e. The predicted octanol–water partition coefficient (Wildman–Crippen LogP) is 2.89. The highest BCUT2D eigenvalue weighted by molar-refractivity contribution is 7.99. The van der Waals surface area contributed by atoms with Gasteiger partial charge in [-0.3, -0.25) is 10.1 Å². The van der Waals surface area contributed by atoms with Gasteiger partial charge in [-0.15, -0.1) is 0 Å². The van der Waals surface area contributed by atoms with Crippen LogP contribution in [0.3, 0.4) is 0 Å². The second-order valence-corrected chi connectivity index (χ2v) is 7.58. The fraction of sp³-hybridized carbons (Fsp3) is 0.929. The molecule has 0 aromatic heterocycles. The molecule has 4 heteroatoms. The maximum absolute atomic E-state index is 11.7. The minimum atomic E-state index is -0.635. The van der Waals surface area contributed by atoms with Crippen molar-refractivity contribution in [3.63, 3.8) is 0 Å². The molecule has 3 nitrogen and oxygen atoms in total. The van der Waals surface area contributed by atoms with Gasteiger partial charge in [0.05, 0.1) is 0 Å². The molecule has 0 heterocycles. The van der Waals surface area contributed by atoms with Gasteiger partial charge in [0, 0.05) is 11.3 Å². The van der Waals surface area contributed by atoms with E-state index in [1.165, 1.54) is 6.42 Å². The van der Waals surface area contributed by atoms with E-state index in [0.717, 1.165) is 37.9 Å². The van der Waals surface area contributed by atoms with Crippen molar-refractivity contribution in [3.05, 3.63) is 0 Å². The fourth-order valence-electron chi connectivity index (χ4n) is 2.70. The smallest absolute Gasteiger partial charge is 0.323 e. The Hall–Kier alpha value is -0.220. The van der Waals surface area contributed by atoms with E-state index in [1.807, 2.05) is 11.8 Å². The molecule has 2 unspecified atom stereocenters. The molecule has 2 aliphatic rings. The van der Waals surface area contributed by atoms with E-state index in [9.17, 15) is 9.90 Å². The summed E-state index contributed by atoms with van der Waals surface area (Å²) in [7, 11) is 0. The second kappa shape index (κ2) is 5.83. The minimum Gasteiger partial charge on any atom is -0.480 e. The van der Waals surface area contributed by atoms with Crippen molar-refractivity contribution in [1.29, 1.82) is 0 Å². The Morgan fingerprint density at radius 2 is 2.17 bits per heavy atom. The molecule has 0 aromatic carbocycles. The van der Waals surface area contributed by atoms with E-state index in [4.69, 9.17) is 0 Å². The lowest BCUT2D eigenvalue weighted by Crippen LogP contribution is -2.56. The Labute approximate surface area is 114 Å². The lowest BCUT2D eigenvalue weighted by atomic mass is 9.81. The van der Waals surface area contributed by atoms with Gasteiger partial charge in [0.25, 0.3) is 0 Å². The summed E-state index contributed by atoms with van der Waals surface area (Å²) in [6.45, 7) is 4.45. The zero-order valence-electron chi connectivity index (χ0n) is 11.4. The molecular formula is C14H25NO2S. The van der Waals surface area contributed by atoms with Crippen LogP contribution < -0.4 is 5.32 Å². The highest BCUT2D eigenvalue weighted by atomic mass is 32.2. The summed E-state index contributed by atoms with van der Waals surface area (Å²) in [6, 6.07) is 0.468. The Morgan fingerprint density at radius 1 is 1.44 bits per heavy atom. The molecule has 104 valence electrons. The molecular weight excluding hydrogens is 246 g/mol. The highest BCUT2D eigenvalue weighted by Crippen LogP contribution is 2.38. The third-order valence-corrected chi connectivity index (χ3v) is 5.57. The standard InChI is InChI=1S/C14H25NO2S/c1-10(2)9-18-12-4-3-7-14(8-12,13(16)17)15-11-5-6-11/h10-12,15H,3-9H2,1-2H3,(H,16,17). The fourth-order valence-corrected chi connectivity index (χ4v) is 4.09. The number of carboxylic acid groups (broad SMARTS) is 1. The summed E-state index contributed by atoms with van der Waals surface area (Å²) in [5, 5.41) is 13.5. The largest absolute Gasteiger partial charge is 0.480 e. The Balaban J connectivity index is 1.94. The first-order valence-electron chi connectivity index (χ1n) is 7.14. The van der Waals surface area contributed by atoms with Crippen molar-refractivity contribution < 1.29 is 9.90 Å². The average molecular weight is 271 g/mol. The van der Waals surface area contributed by atoms with Crippen LogP contribution in [0.5, 0.6) is 0 Å². The summed E-state index contributed by atoms with van der Waals surface area (Å²) in [4.78, 5) is 11.7. The number of carboxylic acids is 1. The molecule has 2 N–H and O–H groups in total. The van der Waals surface area contributed by atoms with Gasteiger partial charge in [0.1, 0.15) is 5.54 Å². The van der Waals surface area contributed by atoms with E-state index >= 15 is 0 Å². The lowest BCUT2D eigenvalue weighted by molar-refractivity contribution is -0.146. The highest BCUT2D eigenvalue weighted by Gasteiger charge is 2.45. The quantitative estimate of drug-likeness (QED) is 0.780. The zero-order valence-corrected chi connectivity index (χ0v) is 12.3. The molecule has 0 aromatic rings. The number of aliphatic carboxylic acids is 1. The van der Waals surface area contributed by atoms with Crippen LogP contribution in [0.15, 0.2) is 0 Å². The molecule has 0 radical (unpaired) electrons. The molecule has 2 aliphatic carbocycles. The Kier molecular flexibility index (Phi) is 4.59. The van der Waals surface area contributed by atoms with Crippen molar-refractivity contribution in [2.24, 2.45) is 5.92 Å². The predicted molar refractivity (Wildman–Crippen MR) is 76.1 cm³/mol. The molecule has 0 saturated heterocycles. The number of rotatable bonds is 6. The van der Waals surface area contributed by atoms with Crippen molar-refractivity contribution in [2.45, 2.75) is 69.2 Å². The average Bonchev–Trinajstić information content (AvgIpc) is 3.10. The molecule has 18 heavy (non-hydrogen) atoms. The lowest BCUT2D eigenvalue weighted by Gasteiger charge is -2.38. The summed E-state index contributed by atoms with van der Waals surface area (Å²) in [6.07, 6.45) is 6.13. The first-order chi connectivity index (χ1) is 8.52. The number of thioether (sulfide) groups is 1. The van der Waals surface area contributed by atoms with Crippen LogP contribution in [-0.2, 0) is 4.79 Å². The maximum atomic E-state index is 11.7. The van der Waals surface area contributed by atoms with Crippen molar-refractivity contribution in [2.75, 3.05) is 5.75 Å². The molecule has 2 fully saturated rings. The number of hydrogen-bond acceptors (Lipinski definition) is 3. The summed E-state index contributed by atoms with van der Waals surface area (Å²) in [5.74, 6) is 1.20. The van der Waals surface area contributed by atoms with Gasteiger partial charge in [0.15, 0.2) is 0 Å². The minimum absolute atomic E-state index is 0.468. The number of hydrogen-bond donors (Lipinski definition) is 2. The van der Waals surface area contributed by atoms with Gasteiger partial charge >= 0.3 is 5.97 Å². The molecule has 0 bridgehead atoms. The number of nitrogens with one attached hydrogen (secondary N) is 1. The van der Waals surface area contributed by atoms with Gasteiger partial charge in [-0.2, -0.15) is 11.8 Å². The molecule has 2 atom stereocenters.